The number of hydrogen-bond donors (Lipinski definition) is 3. The standard InChI is InChI=1S/C12H16N2O3/c15-8-12(3-1-2-4-12)14-11(17)9-5-10(16)7-13-6-9/h5-7,15-16H,1-4,8H2,(H,14,17). The summed E-state index contributed by atoms with van der Waals surface area (Å²) >= 11 is 0. The van der Waals surface area contributed by atoms with Crippen molar-refractivity contribution in [3.8, 4) is 5.75 Å². The van der Waals surface area contributed by atoms with E-state index in [9.17, 15) is 15.0 Å². The molecule has 0 aliphatic heterocycles. The number of aliphatic hydroxyl groups excluding tert-OH is 1. The lowest BCUT2D eigenvalue weighted by molar-refractivity contribution is 0.0837. The van der Waals surface area contributed by atoms with Crippen molar-refractivity contribution in [2.24, 2.45) is 0 Å². The maximum absolute atomic E-state index is 11.9. The molecule has 1 saturated carbocycles. The van der Waals surface area contributed by atoms with Crippen molar-refractivity contribution in [2.45, 2.75) is 31.2 Å². The van der Waals surface area contributed by atoms with Crippen LogP contribution in [0.2, 0.25) is 0 Å². The summed E-state index contributed by atoms with van der Waals surface area (Å²) < 4.78 is 0. The third-order valence-electron chi connectivity index (χ3n) is 3.23. The molecular formula is C12H16N2O3. The fourth-order valence-corrected chi connectivity index (χ4v) is 2.24. The molecule has 0 bridgehead atoms. The summed E-state index contributed by atoms with van der Waals surface area (Å²) in [5, 5.41) is 21.5. The minimum Gasteiger partial charge on any atom is -0.506 e. The molecule has 5 heteroatoms. The molecule has 0 unspecified atom stereocenters. The fraction of sp³-hybridized carbons (Fsp3) is 0.500. The number of amides is 1. The first-order valence-electron chi connectivity index (χ1n) is 5.73. The van der Waals surface area contributed by atoms with Gasteiger partial charge in [0.1, 0.15) is 5.75 Å². The van der Waals surface area contributed by atoms with Crippen molar-refractivity contribution in [1.82, 2.24) is 10.3 Å². The van der Waals surface area contributed by atoms with E-state index >= 15 is 0 Å². The van der Waals surface area contributed by atoms with E-state index in [4.69, 9.17) is 0 Å². The van der Waals surface area contributed by atoms with Crippen molar-refractivity contribution < 1.29 is 15.0 Å². The van der Waals surface area contributed by atoms with Crippen molar-refractivity contribution in [3.63, 3.8) is 0 Å². The molecule has 0 aromatic carbocycles. The number of nitrogens with zero attached hydrogens (tertiary/aromatic N) is 1. The Morgan fingerprint density at radius 2 is 2.12 bits per heavy atom. The van der Waals surface area contributed by atoms with E-state index in [1.807, 2.05) is 0 Å². The number of nitrogens with one attached hydrogen (secondary N) is 1. The molecule has 1 amide bonds. The highest BCUT2D eigenvalue weighted by Gasteiger charge is 2.34. The average Bonchev–Trinajstić information content (AvgIpc) is 2.78. The molecule has 1 aliphatic rings. The monoisotopic (exact) mass is 236 g/mol. The van der Waals surface area contributed by atoms with Crippen LogP contribution >= 0.6 is 0 Å². The smallest absolute Gasteiger partial charge is 0.253 e. The third kappa shape index (κ3) is 2.55. The second kappa shape index (κ2) is 4.71. The highest BCUT2D eigenvalue weighted by atomic mass is 16.3. The minimum absolute atomic E-state index is 0.0397. The van der Waals surface area contributed by atoms with Gasteiger partial charge in [-0.1, -0.05) is 12.8 Å². The van der Waals surface area contributed by atoms with E-state index in [1.165, 1.54) is 18.5 Å². The molecule has 0 saturated heterocycles. The zero-order valence-corrected chi connectivity index (χ0v) is 9.52. The van der Waals surface area contributed by atoms with Gasteiger partial charge in [0.2, 0.25) is 0 Å². The van der Waals surface area contributed by atoms with Gasteiger partial charge in [-0.3, -0.25) is 9.78 Å². The zero-order chi connectivity index (χ0) is 12.3. The van der Waals surface area contributed by atoms with E-state index in [1.54, 1.807) is 0 Å². The number of hydrogen-bond acceptors (Lipinski definition) is 4. The maximum Gasteiger partial charge on any atom is 0.253 e. The quantitative estimate of drug-likeness (QED) is 0.725. The van der Waals surface area contributed by atoms with Crippen LogP contribution in [-0.4, -0.2) is 33.3 Å². The highest BCUT2D eigenvalue weighted by molar-refractivity contribution is 5.94. The van der Waals surface area contributed by atoms with E-state index in [2.05, 4.69) is 10.3 Å². The summed E-state index contributed by atoms with van der Waals surface area (Å²) in [6.07, 6.45) is 6.28. The van der Waals surface area contributed by atoms with Crippen molar-refractivity contribution in [2.75, 3.05) is 6.61 Å². The molecule has 92 valence electrons. The summed E-state index contributed by atoms with van der Waals surface area (Å²) in [7, 11) is 0. The first-order valence-corrected chi connectivity index (χ1v) is 5.73. The van der Waals surface area contributed by atoms with Crippen molar-refractivity contribution in [3.05, 3.63) is 24.0 Å². The second-order valence-electron chi connectivity index (χ2n) is 4.53. The third-order valence-corrected chi connectivity index (χ3v) is 3.23. The number of aliphatic hydroxyl groups is 1. The van der Waals surface area contributed by atoms with Crippen molar-refractivity contribution in [1.29, 1.82) is 0 Å². The van der Waals surface area contributed by atoms with E-state index in [-0.39, 0.29) is 18.3 Å². The highest BCUT2D eigenvalue weighted by Crippen LogP contribution is 2.29. The Morgan fingerprint density at radius 1 is 1.41 bits per heavy atom. The Kier molecular flexibility index (Phi) is 3.28. The number of rotatable bonds is 3. The Labute approximate surface area is 99.5 Å². The summed E-state index contributed by atoms with van der Waals surface area (Å²) in [5.74, 6) is -0.341. The van der Waals surface area contributed by atoms with Gasteiger partial charge in [-0.05, 0) is 18.9 Å². The lowest BCUT2D eigenvalue weighted by atomic mass is 9.98. The second-order valence-corrected chi connectivity index (χ2v) is 4.53. The van der Waals surface area contributed by atoms with Gasteiger partial charge in [0.15, 0.2) is 0 Å². The summed E-state index contributed by atoms with van der Waals surface area (Å²) in [4.78, 5) is 15.7. The van der Waals surface area contributed by atoms with E-state index < -0.39 is 5.54 Å². The largest absolute Gasteiger partial charge is 0.506 e. The summed E-state index contributed by atoms with van der Waals surface area (Å²) in [6, 6.07) is 1.36. The number of pyridine rings is 1. The number of aromatic nitrogens is 1. The fourth-order valence-electron chi connectivity index (χ4n) is 2.24. The Morgan fingerprint density at radius 3 is 2.71 bits per heavy atom. The molecular weight excluding hydrogens is 220 g/mol. The van der Waals surface area contributed by atoms with Crippen molar-refractivity contribution >= 4 is 5.91 Å². The van der Waals surface area contributed by atoms with Gasteiger partial charge < -0.3 is 15.5 Å². The molecule has 2 rings (SSSR count). The van der Waals surface area contributed by atoms with Crippen LogP contribution in [0.25, 0.3) is 0 Å². The molecule has 0 radical (unpaired) electrons. The van der Waals surface area contributed by atoms with Crippen LogP contribution in [0.4, 0.5) is 0 Å². The number of carbonyl (C=O) groups is 1. The summed E-state index contributed by atoms with van der Waals surface area (Å²) in [5.41, 5.74) is -0.188. The van der Waals surface area contributed by atoms with Crippen LogP contribution in [0.5, 0.6) is 5.75 Å². The SMILES string of the molecule is O=C(NC1(CO)CCCC1)c1cncc(O)c1. The Hall–Kier alpha value is -1.62. The van der Waals surface area contributed by atoms with Crippen LogP contribution in [0.3, 0.4) is 0 Å². The van der Waals surface area contributed by atoms with E-state index in [0.29, 0.717) is 5.56 Å². The molecule has 1 heterocycles. The van der Waals surface area contributed by atoms with Crippen LogP contribution in [0.15, 0.2) is 18.5 Å². The average molecular weight is 236 g/mol. The molecule has 0 atom stereocenters. The normalized spacial score (nSPS) is 17.9. The molecule has 0 spiro atoms. The van der Waals surface area contributed by atoms with Crippen LogP contribution in [-0.2, 0) is 0 Å². The molecule has 3 N–H and O–H groups in total. The molecule has 1 aromatic rings. The number of carbonyl (C=O) groups excluding carboxylic acids is 1. The molecule has 17 heavy (non-hydrogen) atoms. The van der Waals surface area contributed by atoms with Crippen LogP contribution in [0, 0.1) is 0 Å². The van der Waals surface area contributed by atoms with Gasteiger partial charge >= 0.3 is 0 Å². The molecule has 1 aliphatic carbocycles. The topological polar surface area (TPSA) is 82.5 Å². The van der Waals surface area contributed by atoms with E-state index in [0.717, 1.165) is 25.7 Å². The summed E-state index contributed by atoms with van der Waals surface area (Å²) in [6.45, 7) is -0.0506. The van der Waals surface area contributed by atoms with Gasteiger partial charge in [0, 0.05) is 6.20 Å². The number of aromatic hydroxyl groups is 1. The van der Waals surface area contributed by atoms with Gasteiger partial charge in [0.05, 0.1) is 23.9 Å². The molecule has 1 aromatic heterocycles. The first kappa shape index (κ1) is 11.9. The predicted octanol–water partition coefficient (Wildman–Crippen LogP) is 0.822. The Balaban J connectivity index is 2.11. The Bertz CT molecular complexity index is 414. The van der Waals surface area contributed by atoms with Crippen LogP contribution < -0.4 is 5.32 Å². The van der Waals surface area contributed by atoms with Crippen LogP contribution in [0.1, 0.15) is 36.0 Å². The van der Waals surface area contributed by atoms with Gasteiger partial charge in [-0.25, -0.2) is 0 Å². The zero-order valence-electron chi connectivity index (χ0n) is 9.52. The van der Waals surface area contributed by atoms with Gasteiger partial charge in [-0.15, -0.1) is 0 Å². The maximum atomic E-state index is 11.9. The molecule has 5 nitrogen and oxygen atoms in total. The minimum atomic E-state index is -0.497. The lowest BCUT2D eigenvalue weighted by Gasteiger charge is -2.27. The van der Waals surface area contributed by atoms with Gasteiger partial charge in [-0.2, -0.15) is 0 Å². The van der Waals surface area contributed by atoms with Gasteiger partial charge in [0.25, 0.3) is 5.91 Å². The molecule has 1 fully saturated rings. The predicted molar refractivity (Wildman–Crippen MR) is 61.7 cm³/mol. The first-order chi connectivity index (χ1) is 8.15. The lowest BCUT2D eigenvalue weighted by Crippen LogP contribution is -2.49.